The maximum absolute atomic E-state index is 13.7. The number of carbonyl (C=O) groups is 4. The zero-order chi connectivity index (χ0) is 48.1. The van der Waals surface area contributed by atoms with E-state index in [-0.39, 0.29) is 35.8 Å². The van der Waals surface area contributed by atoms with Gasteiger partial charge in [0, 0.05) is 35.2 Å². The Bertz CT molecular complexity index is 2090. The highest BCUT2D eigenvalue weighted by molar-refractivity contribution is 7.99. The molecule has 0 radical (unpaired) electrons. The quantitative estimate of drug-likeness (QED) is 0.0430. The predicted molar refractivity (Wildman–Crippen MR) is 271 cm³/mol. The lowest BCUT2D eigenvalue weighted by atomic mass is 9.77. The number of carbonyl (C=O) groups excluding carboxylic acids is 4. The van der Waals surface area contributed by atoms with E-state index in [1.54, 1.807) is 24.8 Å². The normalized spacial score (nSPS) is 19.8. The monoisotopic (exact) mass is 937 g/mol. The molecule has 2 aliphatic carbocycles. The van der Waals surface area contributed by atoms with Gasteiger partial charge in [-0.15, -0.1) is 0 Å². The van der Waals surface area contributed by atoms with E-state index in [0.29, 0.717) is 60.2 Å². The first-order chi connectivity index (χ1) is 32.3. The number of rotatable bonds is 22. The molecule has 1 unspecified atom stereocenters. The molecule has 0 aromatic heterocycles. The van der Waals surface area contributed by atoms with E-state index in [0.717, 1.165) is 42.2 Å². The number of hydrogen-bond donors (Lipinski definition) is 6. The van der Waals surface area contributed by atoms with Crippen LogP contribution in [0.3, 0.4) is 0 Å². The molecule has 0 saturated heterocycles. The largest absolute Gasteiger partial charge is 0.508 e. The second-order valence-corrected chi connectivity index (χ2v) is 19.8. The van der Waals surface area contributed by atoms with Gasteiger partial charge in [0.1, 0.15) is 17.5 Å². The van der Waals surface area contributed by atoms with Crippen molar-refractivity contribution in [1.29, 1.82) is 0 Å². The Morgan fingerprint density at radius 3 is 2.15 bits per heavy atom. The van der Waals surface area contributed by atoms with E-state index in [1.807, 2.05) is 51.1 Å². The highest BCUT2D eigenvalue weighted by atomic mass is 32.2. The summed E-state index contributed by atoms with van der Waals surface area (Å²) in [5.41, 5.74) is 7.87. The Hall–Kier alpha value is -5.30. The van der Waals surface area contributed by atoms with Crippen molar-refractivity contribution in [2.75, 3.05) is 12.4 Å². The molecule has 5 amide bonds. The van der Waals surface area contributed by atoms with Crippen LogP contribution < -0.4 is 31.4 Å². The van der Waals surface area contributed by atoms with Gasteiger partial charge in [0.15, 0.2) is 0 Å². The van der Waals surface area contributed by atoms with Crippen molar-refractivity contribution in [3.05, 3.63) is 107 Å². The Morgan fingerprint density at radius 1 is 0.806 bits per heavy atom. The lowest BCUT2D eigenvalue weighted by Crippen LogP contribution is -2.53. The molecule has 67 heavy (non-hydrogen) atoms. The second kappa shape index (κ2) is 27.5. The zero-order valence-electron chi connectivity index (χ0n) is 40.5. The average Bonchev–Trinajstić information content (AvgIpc) is 3.31. The summed E-state index contributed by atoms with van der Waals surface area (Å²) in [5, 5.41) is 26.4. The molecule has 0 aliphatic heterocycles. The predicted octanol–water partition coefficient (Wildman–Crippen LogP) is 9.74. The van der Waals surface area contributed by atoms with Gasteiger partial charge >= 0.3 is 6.03 Å². The Balaban J connectivity index is 1.10. The van der Waals surface area contributed by atoms with Crippen LogP contribution in [0.4, 0.5) is 4.79 Å². The molecule has 13 heteroatoms. The molecule has 0 heterocycles. The van der Waals surface area contributed by atoms with Crippen LogP contribution in [0.5, 0.6) is 11.5 Å². The summed E-state index contributed by atoms with van der Waals surface area (Å²) >= 11 is 1.60. The van der Waals surface area contributed by atoms with Gasteiger partial charge in [-0.1, -0.05) is 120 Å². The van der Waals surface area contributed by atoms with Crippen molar-refractivity contribution >= 4 is 41.2 Å². The molecule has 364 valence electrons. The van der Waals surface area contributed by atoms with Crippen LogP contribution in [0.25, 0.3) is 0 Å². The number of nitrogens with one attached hydrogen (secondary N) is 5. The number of phenolic OH excluding ortho intramolecular Hbond substituents is 1. The Kier molecular flexibility index (Phi) is 21.6. The molecule has 3 aromatic rings. The first kappa shape index (κ1) is 52.7. The zero-order valence-corrected chi connectivity index (χ0v) is 41.4. The molecule has 2 aliphatic rings. The topological polar surface area (TPSA) is 170 Å². The average molecular weight is 937 g/mol. The first-order valence-corrected chi connectivity index (χ1v) is 25.8. The number of amides is 5. The summed E-state index contributed by atoms with van der Waals surface area (Å²) in [6.45, 7) is 14.8. The maximum Gasteiger partial charge on any atom is 0.339 e. The smallest absolute Gasteiger partial charge is 0.339 e. The summed E-state index contributed by atoms with van der Waals surface area (Å²) in [6.07, 6.45) is 13.3. The molecule has 3 aromatic carbocycles. The van der Waals surface area contributed by atoms with Gasteiger partial charge in [0.05, 0.1) is 24.8 Å². The van der Waals surface area contributed by atoms with Crippen molar-refractivity contribution in [2.24, 2.45) is 34.7 Å². The summed E-state index contributed by atoms with van der Waals surface area (Å²) < 4.78 is 5.64. The summed E-state index contributed by atoms with van der Waals surface area (Å²) in [5.74, 6) is 2.15. The van der Waals surface area contributed by atoms with E-state index >= 15 is 0 Å². The molecule has 12 nitrogen and oxygen atoms in total. The van der Waals surface area contributed by atoms with Crippen LogP contribution in [-0.4, -0.2) is 59.0 Å². The van der Waals surface area contributed by atoms with Crippen LogP contribution in [0.2, 0.25) is 0 Å². The fourth-order valence-corrected chi connectivity index (χ4v) is 10.5. The van der Waals surface area contributed by atoms with E-state index in [1.165, 1.54) is 62.6 Å². The van der Waals surface area contributed by atoms with Gasteiger partial charge in [-0.2, -0.15) is 16.9 Å². The molecule has 0 bridgehead atoms. The number of urea groups is 1. The lowest BCUT2D eigenvalue weighted by Gasteiger charge is -2.29. The lowest BCUT2D eigenvalue weighted by molar-refractivity contribution is -0.129. The number of hydrazone groups is 1. The van der Waals surface area contributed by atoms with Crippen molar-refractivity contribution < 1.29 is 29.0 Å². The van der Waals surface area contributed by atoms with Crippen molar-refractivity contribution in [2.45, 2.75) is 142 Å². The maximum atomic E-state index is 13.7. The van der Waals surface area contributed by atoms with Gasteiger partial charge < -0.3 is 31.1 Å². The van der Waals surface area contributed by atoms with Crippen LogP contribution in [-0.2, 0) is 39.5 Å². The third-order valence-electron chi connectivity index (χ3n) is 13.4. The molecule has 6 N–H and O–H groups in total. The molecular formula is C54H76N6O6S. The number of aromatic hydroxyl groups is 1. The minimum absolute atomic E-state index is 0.0116. The molecule has 0 spiro atoms. The van der Waals surface area contributed by atoms with E-state index in [9.17, 15) is 24.3 Å². The molecule has 2 saturated carbocycles. The molecule has 5 rings (SSSR count). The van der Waals surface area contributed by atoms with Crippen LogP contribution in [0.1, 0.15) is 128 Å². The van der Waals surface area contributed by atoms with Gasteiger partial charge in [-0.05, 0) is 111 Å². The number of benzene rings is 3. The van der Waals surface area contributed by atoms with E-state index < -0.39 is 29.9 Å². The minimum atomic E-state index is -0.863. The number of hydrogen-bond acceptors (Lipinski definition) is 8. The van der Waals surface area contributed by atoms with Crippen LogP contribution >= 0.6 is 11.8 Å². The SMILES string of the molecule is C=C(NC(=O)N/N=C(\CSCc1ccccc1)[C@H](C)NC(=O)[C@@H](NC(=O)Cc1cc(O)ccc1OCC)C(C)C)C1CCC(C(=O)NCc2ccc(C[C@H]3CCCCCCC3CC)cc2)CC1. The standard InChI is InChI=1S/C54H76N6O6S/c1-7-42-18-14-9-10-15-19-45(42)30-39-20-22-40(23-21-39)33-55-52(63)44-26-24-43(25-27-44)37(5)57-54(65)60-59-48(35-67-34-41-16-12-11-13-17-41)38(6)56-53(64)51(36(3)4)58-50(62)32-46-31-47(61)28-29-49(46)66-8-2/h11-13,16-17,20-23,28-29,31,36,38,42-45,51,61H,5,7-10,14-15,18-19,24-27,30,32-35H2,1-4,6H3,(H,55,63)(H,56,64)(H,58,62)(H2,57,60,65)/b59-48+/t38-,42?,43?,44?,45+,51-/m0/s1. The van der Waals surface area contributed by atoms with Gasteiger partial charge in [-0.25, -0.2) is 10.2 Å². The fourth-order valence-electron chi connectivity index (χ4n) is 9.40. The fraction of sp³-hybridized carbons (Fsp3) is 0.537. The highest BCUT2D eigenvalue weighted by Crippen LogP contribution is 2.34. The van der Waals surface area contributed by atoms with E-state index in [4.69, 9.17) is 4.74 Å². The summed E-state index contributed by atoms with van der Waals surface area (Å²) in [4.78, 5) is 53.5. The molecule has 4 atom stereocenters. The minimum Gasteiger partial charge on any atom is -0.508 e. The van der Waals surface area contributed by atoms with Gasteiger partial charge in [-0.3, -0.25) is 14.4 Å². The van der Waals surface area contributed by atoms with Gasteiger partial charge in [0.2, 0.25) is 17.7 Å². The number of phenols is 1. The molecular weight excluding hydrogens is 861 g/mol. The Labute approximate surface area is 403 Å². The Morgan fingerprint density at radius 2 is 1.48 bits per heavy atom. The number of ether oxygens (including phenoxy) is 1. The van der Waals surface area contributed by atoms with Crippen LogP contribution in [0, 0.1) is 29.6 Å². The van der Waals surface area contributed by atoms with Crippen molar-refractivity contribution in [3.63, 3.8) is 0 Å². The third kappa shape index (κ3) is 17.4. The van der Waals surface area contributed by atoms with Crippen molar-refractivity contribution in [1.82, 2.24) is 26.7 Å². The third-order valence-corrected chi connectivity index (χ3v) is 14.5. The van der Waals surface area contributed by atoms with Crippen LogP contribution in [0.15, 0.2) is 90.2 Å². The summed E-state index contributed by atoms with van der Waals surface area (Å²) in [7, 11) is 0. The highest BCUT2D eigenvalue weighted by Gasteiger charge is 2.30. The van der Waals surface area contributed by atoms with Crippen molar-refractivity contribution in [3.8, 4) is 11.5 Å². The molecule has 2 fully saturated rings. The van der Waals surface area contributed by atoms with E-state index in [2.05, 4.69) is 69.6 Å². The number of nitrogens with zero attached hydrogens (tertiary/aromatic N) is 1. The number of thioether (sulfide) groups is 1. The second-order valence-electron chi connectivity index (χ2n) is 18.8. The van der Waals surface area contributed by atoms with Gasteiger partial charge in [0.25, 0.3) is 0 Å². The summed E-state index contributed by atoms with van der Waals surface area (Å²) in [6, 6.07) is 21.4. The first-order valence-electron chi connectivity index (χ1n) is 24.7. The number of allylic oxidation sites excluding steroid dienone is 1.